The first-order chi connectivity index (χ1) is 9.86. The second-order valence-corrected chi connectivity index (χ2v) is 4.94. The first-order valence-electron chi connectivity index (χ1n) is 6.45. The second kappa shape index (κ2) is 6.12. The largest absolute Gasteiger partial charge is 0.468 e. The molecule has 1 aliphatic rings. The normalized spacial score (nSPS) is 33.0. The number of hydrogen-bond donors (Lipinski definition) is 4. The van der Waals surface area contributed by atoms with Crippen LogP contribution in [0.2, 0.25) is 0 Å². The van der Waals surface area contributed by atoms with Gasteiger partial charge >= 0.3 is 5.97 Å². The van der Waals surface area contributed by atoms with Crippen LogP contribution in [0.5, 0.6) is 0 Å². The number of aryl methyl sites for hydroxylation is 1. The lowest BCUT2D eigenvalue weighted by molar-refractivity contribution is -0.276. The molecular weight excluding hydrogens is 284 g/mol. The standard InChI is InChI=1S/C13H18O8/c1-5-8(7(3-14)4-19-5)12(18)21-13-11(17)10(16)9(15)6(2)20-13/h4,6,9-11,13-17H,3H2,1-2H3. The predicted molar refractivity (Wildman–Crippen MR) is 67.1 cm³/mol. The molecule has 5 atom stereocenters. The van der Waals surface area contributed by atoms with Gasteiger partial charge in [-0.2, -0.15) is 0 Å². The summed E-state index contributed by atoms with van der Waals surface area (Å²) in [5.41, 5.74) is 0.290. The summed E-state index contributed by atoms with van der Waals surface area (Å²) in [7, 11) is 0. The number of furan rings is 1. The van der Waals surface area contributed by atoms with Crippen LogP contribution in [0.3, 0.4) is 0 Å². The van der Waals surface area contributed by atoms with E-state index in [0.29, 0.717) is 0 Å². The monoisotopic (exact) mass is 302 g/mol. The lowest BCUT2D eigenvalue weighted by Gasteiger charge is -2.38. The molecule has 1 aliphatic heterocycles. The summed E-state index contributed by atoms with van der Waals surface area (Å²) >= 11 is 0. The highest BCUT2D eigenvalue weighted by molar-refractivity contribution is 5.92. The van der Waals surface area contributed by atoms with Crippen molar-refractivity contribution in [1.29, 1.82) is 0 Å². The lowest BCUT2D eigenvalue weighted by atomic mass is 10.00. The molecule has 4 N–H and O–H groups in total. The maximum absolute atomic E-state index is 12.1. The minimum absolute atomic E-state index is 0.0431. The van der Waals surface area contributed by atoms with Gasteiger partial charge in [0, 0.05) is 5.56 Å². The van der Waals surface area contributed by atoms with Crippen LogP contribution in [0.1, 0.15) is 28.6 Å². The van der Waals surface area contributed by atoms with E-state index in [1.807, 2.05) is 0 Å². The molecule has 21 heavy (non-hydrogen) atoms. The van der Waals surface area contributed by atoms with Crippen LogP contribution < -0.4 is 0 Å². The first kappa shape index (κ1) is 15.9. The molecule has 1 aromatic rings. The van der Waals surface area contributed by atoms with Crippen molar-refractivity contribution in [3.63, 3.8) is 0 Å². The van der Waals surface area contributed by atoms with Crippen LogP contribution >= 0.6 is 0 Å². The van der Waals surface area contributed by atoms with Crippen molar-refractivity contribution in [2.45, 2.75) is 51.2 Å². The second-order valence-electron chi connectivity index (χ2n) is 4.94. The first-order valence-corrected chi connectivity index (χ1v) is 6.45. The van der Waals surface area contributed by atoms with Crippen molar-refractivity contribution in [3.8, 4) is 0 Å². The third-order valence-corrected chi connectivity index (χ3v) is 3.46. The number of hydrogen-bond acceptors (Lipinski definition) is 8. The van der Waals surface area contributed by atoms with Crippen molar-refractivity contribution < 1.29 is 39.1 Å². The highest BCUT2D eigenvalue weighted by Crippen LogP contribution is 2.24. The summed E-state index contributed by atoms with van der Waals surface area (Å²) in [4.78, 5) is 12.1. The number of rotatable bonds is 3. The Balaban J connectivity index is 2.14. The molecule has 1 fully saturated rings. The molecule has 2 rings (SSSR count). The van der Waals surface area contributed by atoms with Crippen molar-refractivity contribution in [2.24, 2.45) is 0 Å². The summed E-state index contributed by atoms with van der Waals surface area (Å²) in [6.45, 7) is 2.59. The van der Waals surface area contributed by atoms with E-state index in [2.05, 4.69) is 0 Å². The fourth-order valence-electron chi connectivity index (χ4n) is 2.17. The summed E-state index contributed by atoms with van der Waals surface area (Å²) in [6.07, 6.45) is -5.36. The van der Waals surface area contributed by atoms with E-state index in [1.54, 1.807) is 0 Å². The number of esters is 1. The Morgan fingerprint density at radius 1 is 1.29 bits per heavy atom. The third-order valence-electron chi connectivity index (χ3n) is 3.46. The van der Waals surface area contributed by atoms with E-state index in [9.17, 15) is 20.1 Å². The van der Waals surface area contributed by atoms with Gasteiger partial charge in [-0.3, -0.25) is 0 Å². The molecule has 0 amide bonds. The fraction of sp³-hybridized carbons (Fsp3) is 0.615. The average molecular weight is 302 g/mol. The zero-order valence-electron chi connectivity index (χ0n) is 11.6. The van der Waals surface area contributed by atoms with E-state index in [0.717, 1.165) is 0 Å². The van der Waals surface area contributed by atoms with Crippen molar-refractivity contribution in [2.75, 3.05) is 0 Å². The van der Waals surface area contributed by atoms with Crippen LogP contribution in [0.25, 0.3) is 0 Å². The molecule has 8 nitrogen and oxygen atoms in total. The maximum atomic E-state index is 12.1. The number of ether oxygens (including phenoxy) is 2. The zero-order chi connectivity index (χ0) is 15.7. The van der Waals surface area contributed by atoms with Gasteiger partial charge in [-0.1, -0.05) is 0 Å². The van der Waals surface area contributed by atoms with Crippen molar-refractivity contribution >= 4 is 5.97 Å². The number of aliphatic hydroxyl groups excluding tert-OH is 4. The van der Waals surface area contributed by atoms with Crippen molar-refractivity contribution in [1.82, 2.24) is 0 Å². The van der Waals surface area contributed by atoms with Gasteiger partial charge in [-0.15, -0.1) is 0 Å². The topological polar surface area (TPSA) is 130 Å². The Morgan fingerprint density at radius 2 is 1.95 bits per heavy atom. The van der Waals surface area contributed by atoms with Gasteiger partial charge in [-0.05, 0) is 13.8 Å². The van der Waals surface area contributed by atoms with Crippen LogP contribution in [0, 0.1) is 6.92 Å². The van der Waals surface area contributed by atoms with E-state index < -0.39 is 43.3 Å². The SMILES string of the molecule is Cc1occ(CO)c1C(=O)OC1OC(C)C(O)C(O)C1O. The van der Waals surface area contributed by atoms with Gasteiger partial charge in [0.15, 0.2) is 0 Å². The molecule has 0 spiro atoms. The van der Waals surface area contributed by atoms with E-state index in [-0.39, 0.29) is 16.9 Å². The van der Waals surface area contributed by atoms with Crippen LogP contribution in [-0.4, -0.2) is 57.1 Å². The molecule has 5 unspecified atom stereocenters. The number of aliphatic hydroxyl groups is 4. The fourth-order valence-corrected chi connectivity index (χ4v) is 2.17. The molecule has 8 heteroatoms. The maximum Gasteiger partial charge on any atom is 0.344 e. The molecule has 118 valence electrons. The Labute approximate surface area is 120 Å². The summed E-state index contributed by atoms with van der Waals surface area (Å²) < 4.78 is 15.2. The van der Waals surface area contributed by atoms with Gasteiger partial charge in [0.1, 0.15) is 29.6 Å². The Kier molecular flexibility index (Phi) is 4.64. The molecule has 1 saturated heterocycles. The Bertz CT molecular complexity index is 510. The molecule has 0 radical (unpaired) electrons. The number of carbonyl (C=O) groups is 1. The zero-order valence-corrected chi connectivity index (χ0v) is 11.6. The summed E-state index contributed by atoms with van der Waals surface area (Å²) in [5.74, 6) is -0.604. The summed E-state index contributed by atoms with van der Waals surface area (Å²) in [5, 5.41) is 38.1. The molecule has 2 heterocycles. The smallest absolute Gasteiger partial charge is 0.344 e. The third kappa shape index (κ3) is 2.94. The van der Waals surface area contributed by atoms with E-state index >= 15 is 0 Å². The number of carbonyl (C=O) groups excluding carboxylic acids is 1. The van der Waals surface area contributed by atoms with E-state index in [4.69, 9.17) is 19.0 Å². The quantitative estimate of drug-likeness (QED) is 0.527. The average Bonchev–Trinajstić information content (AvgIpc) is 2.83. The Hall–Kier alpha value is -1.45. The van der Waals surface area contributed by atoms with Gasteiger partial charge in [0.2, 0.25) is 6.29 Å². The van der Waals surface area contributed by atoms with Gasteiger partial charge in [0.25, 0.3) is 0 Å². The van der Waals surface area contributed by atoms with Crippen LogP contribution in [0.15, 0.2) is 10.7 Å². The molecule has 0 bridgehead atoms. The highest BCUT2D eigenvalue weighted by atomic mass is 16.7. The predicted octanol–water partition coefficient (Wildman–Crippen LogP) is -0.935. The van der Waals surface area contributed by atoms with Crippen molar-refractivity contribution in [3.05, 3.63) is 23.2 Å². The minimum Gasteiger partial charge on any atom is -0.468 e. The van der Waals surface area contributed by atoms with Crippen LogP contribution in [0.4, 0.5) is 0 Å². The van der Waals surface area contributed by atoms with Crippen LogP contribution in [-0.2, 0) is 16.1 Å². The van der Waals surface area contributed by atoms with E-state index in [1.165, 1.54) is 20.1 Å². The molecule has 1 aromatic heterocycles. The molecule has 0 aromatic carbocycles. The summed E-state index contributed by atoms with van der Waals surface area (Å²) in [6, 6.07) is 0. The molecule has 0 aliphatic carbocycles. The Morgan fingerprint density at radius 3 is 2.57 bits per heavy atom. The van der Waals surface area contributed by atoms with Gasteiger partial charge in [0.05, 0.1) is 19.0 Å². The lowest BCUT2D eigenvalue weighted by Crippen LogP contribution is -2.57. The minimum atomic E-state index is -1.58. The van der Waals surface area contributed by atoms with Gasteiger partial charge in [-0.25, -0.2) is 4.79 Å². The molecular formula is C13H18O8. The molecule has 0 saturated carbocycles. The highest BCUT2D eigenvalue weighted by Gasteiger charge is 2.44. The van der Waals surface area contributed by atoms with Gasteiger partial charge < -0.3 is 34.3 Å².